The van der Waals surface area contributed by atoms with E-state index >= 15 is 0 Å². The van der Waals surface area contributed by atoms with Crippen molar-refractivity contribution < 1.29 is 8.42 Å². The Balaban J connectivity index is 1.58. The van der Waals surface area contributed by atoms with Crippen LogP contribution in [0.5, 0.6) is 0 Å². The van der Waals surface area contributed by atoms with Crippen molar-refractivity contribution in [3.8, 4) is 5.69 Å². The van der Waals surface area contributed by atoms with Crippen LogP contribution in [0.4, 0.5) is 17.1 Å². The number of benzene rings is 2. The maximum atomic E-state index is 11.7. The summed E-state index contributed by atoms with van der Waals surface area (Å²) in [5.41, 5.74) is 7.95. The van der Waals surface area contributed by atoms with Gasteiger partial charge in [-0.25, -0.2) is 8.42 Å². The molecular weight excluding hydrogens is 553 g/mol. The van der Waals surface area contributed by atoms with Crippen LogP contribution in [0.3, 0.4) is 0 Å². The van der Waals surface area contributed by atoms with Gasteiger partial charge in [-0.2, -0.15) is 0 Å². The first-order valence-electron chi connectivity index (χ1n) is 13.7. The number of anilines is 3. The van der Waals surface area contributed by atoms with Gasteiger partial charge in [0.1, 0.15) is 0 Å². The van der Waals surface area contributed by atoms with Crippen molar-refractivity contribution in [1.29, 1.82) is 0 Å². The maximum Gasteiger partial charge on any atom is 0.229 e. The molecule has 1 fully saturated rings. The standard InChI is InChI=1S/C31H36N6O2S2/c1-6-35(7-2)24-15-17-25(18-16-24)36-21(3)20-27(22(36)4)30-29(28-10-8-9-19-32-28)33-31(40)37(30)26-13-11-23(12-14-26)34-41(5,38)39/h8-20,29-30,34H,6-7H2,1-5H3,(H,33,40). The minimum Gasteiger partial charge on any atom is -0.372 e. The van der Waals surface area contributed by atoms with E-state index in [9.17, 15) is 8.42 Å². The van der Waals surface area contributed by atoms with Gasteiger partial charge in [0.15, 0.2) is 5.11 Å². The van der Waals surface area contributed by atoms with Crippen molar-refractivity contribution in [1.82, 2.24) is 14.9 Å². The number of hydrogen-bond donors (Lipinski definition) is 2. The highest BCUT2D eigenvalue weighted by molar-refractivity contribution is 7.92. The van der Waals surface area contributed by atoms with Crippen LogP contribution in [0.2, 0.25) is 0 Å². The van der Waals surface area contributed by atoms with Crippen molar-refractivity contribution >= 4 is 44.4 Å². The van der Waals surface area contributed by atoms with Gasteiger partial charge in [0.25, 0.3) is 0 Å². The fourth-order valence-electron chi connectivity index (χ4n) is 5.74. The largest absolute Gasteiger partial charge is 0.372 e. The van der Waals surface area contributed by atoms with E-state index in [4.69, 9.17) is 12.2 Å². The number of aryl methyl sites for hydroxylation is 1. The van der Waals surface area contributed by atoms with Crippen LogP contribution in [0.1, 0.15) is 48.6 Å². The lowest BCUT2D eigenvalue weighted by Gasteiger charge is -2.28. The van der Waals surface area contributed by atoms with Crippen LogP contribution in [0, 0.1) is 13.8 Å². The van der Waals surface area contributed by atoms with E-state index in [-0.39, 0.29) is 12.1 Å². The van der Waals surface area contributed by atoms with E-state index in [0.717, 1.165) is 53.4 Å². The SMILES string of the molecule is CCN(CC)c1ccc(-n2c(C)cc(C3C(c4ccccn4)NC(=S)N3c3ccc(NS(C)(=O)=O)cc3)c2C)cc1. The zero-order valence-electron chi connectivity index (χ0n) is 24.0. The van der Waals surface area contributed by atoms with E-state index in [2.05, 4.69) is 87.4 Å². The molecule has 4 aromatic rings. The van der Waals surface area contributed by atoms with Crippen LogP contribution < -0.4 is 19.8 Å². The molecule has 1 aliphatic rings. The number of pyridine rings is 1. The molecule has 2 aromatic heterocycles. The molecule has 0 spiro atoms. The summed E-state index contributed by atoms with van der Waals surface area (Å²) in [6.07, 6.45) is 2.94. The van der Waals surface area contributed by atoms with E-state index in [0.29, 0.717) is 10.8 Å². The second-order valence-electron chi connectivity index (χ2n) is 10.3. The van der Waals surface area contributed by atoms with Gasteiger partial charge in [0.2, 0.25) is 10.0 Å². The van der Waals surface area contributed by atoms with Crippen LogP contribution in [-0.4, -0.2) is 42.4 Å². The molecule has 0 amide bonds. The molecule has 0 radical (unpaired) electrons. The third-order valence-corrected chi connectivity index (χ3v) is 8.49. The van der Waals surface area contributed by atoms with Crippen LogP contribution >= 0.6 is 12.2 Å². The summed E-state index contributed by atoms with van der Waals surface area (Å²) in [5, 5.41) is 4.10. The summed E-state index contributed by atoms with van der Waals surface area (Å²) in [4.78, 5) is 9.12. The second-order valence-corrected chi connectivity index (χ2v) is 12.4. The van der Waals surface area contributed by atoms with Crippen molar-refractivity contribution in [2.75, 3.05) is 33.9 Å². The molecule has 41 heavy (non-hydrogen) atoms. The Labute approximate surface area is 248 Å². The Morgan fingerprint density at radius 1 is 0.976 bits per heavy atom. The monoisotopic (exact) mass is 588 g/mol. The van der Waals surface area contributed by atoms with Crippen molar-refractivity contribution in [2.24, 2.45) is 0 Å². The number of rotatable bonds is 9. The summed E-state index contributed by atoms with van der Waals surface area (Å²) in [5.74, 6) is 0. The van der Waals surface area contributed by atoms with E-state index in [1.807, 2.05) is 30.3 Å². The van der Waals surface area contributed by atoms with Crippen molar-refractivity contribution in [2.45, 2.75) is 39.8 Å². The third-order valence-electron chi connectivity index (χ3n) is 7.57. The predicted molar refractivity (Wildman–Crippen MR) is 172 cm³/mol. The third kappa shape index (κ3) is 5.80. The predicted octanol–water partition coefficient (Wildman–Crippen LogP) is 5.88. The van der Waals surface area contributed by atoms with Gasteiger partial charge in [-0.15, -0.1) is 0 Å². The first-order valence-corrected chi connectivity index (χ1v) is 16.0. The lowest BCUT2D eigenvalue weighted by molar-refractivity contribution is 0.565. The first-order chi connectivity index (χ1) is 19.6. The second kappa shape index (κ2) is 11.5. The summed E-state index contributed by atoms with van der Waals surface area (Å²) in [6.45, 7) is 10.5. The topological polar surface area (TPSA) is 82.5 Å². The Morgan fingerprint density at radius 2 is 1.63 bits per heavy atom. The smallest absolute Gasteiger partial charge is 0.229 e. The number of nitrogens with one attached hydrogen (secondary N) is 2. The molecule has 2 aromatic carbocycles. The molecule has 5 rings (SSSR count). The van der Waals surface area contributed by atoms with Crippen LogP contribution in [0.15, 0.2) is 79.0 Å². The highest BCUT2D eigenvalue weighted by atomic mass is 32.2. The number of nitrogens with zero attached hydrogens (tertiary/aromatic N) is 4. The number of sulfonamides is 1. The van der Waals surface area contributed by atoms with Crippen LogP contribution in [-0.2, 0) is 10.0 Å². The molecule has 10 heteroatoms. The number of hydrogen-bond acceptors (Lipinski definition) is 5. The molecule has 214 valence electrons. The summed E-state index contributed by atoms with van der Waals surface area (Å²) in [6, 6.07) is 23.8. The normalized spacial score (nSPS) is 17.0. The van der Waals surface area contributed by atoms with Crippen molar-refractivity contribution in [3.05, 3.63) is 102 Å². The zero-order chi connectivity index (χ0) is 29.3. The fraction of sp³-hybridized carbons (Fsp3) is 0.290. The van der Waals surface area contributed by atoms with Crippen LogP contribution in [0.25, 0.3) is 5.69 Å². The van der Waals surface area contributed by atoms with Gasteiger partial charge in [-0.1, -0.05) is 6.07 Å². The van der Waals surface area contributed by atoms with E-state index in [1.165, 1.54) is 5.69 Å². The molecule has 8 nitrogen and oxygen atoms in total. The van der Waals surface area contributed by atoms with Gasteiger partial charge < -0.3 is 19.7 Å². The molecule has 0 saturated carbocycles. The van der Waals surface area contributed by atoms with Gasteiger partial charge >= 0.3 is 0 Å². The summed E-state index contributed by atoms with van der Waals surface area (Å²) >= 11 is 5.90. The zero-order valence-corrected chi connectivity index (χ0v) is 25.6. The van der Waals surface area contributed by atoms with Gasteiger partial charge in [0.05, 0.1) is 24.0 Å². The average Bonchev–Trinajstić information content (AvgIpc) is 3.44. The minimum absolute atomic E-state index is 0.180. The van der Waals surface area contributed by atoms with Gasteiger partial charge in [-0.05, 0) is 112 Å². The Kier molecular flexibility index (Phi) is 8.06. The molecule has 0 aliphatic carbocycles. The molecular formula is C31H36N6O2S2. The van der Waals surface area contributed by atoms with Gasteiger partial charge in [-0.3, -0.25) is 9.71 Å². The number of aromatic nitrogens is 2. The highest BCUT2D eigenvalue weighted by Gasteiger charge is 2.42. The lowest BCUT2D eigenvalue weighted by Crippen LogP contribution is -2.29. The molecule has 2 atom stereocenters. The summed E-state index contributed by atoms with van der Waals surface area (Å²) in [7, 11) is -3.38. The Hall–Kier alpha value is -3.89. The first kappa shape index (κ1) is 28.6. The van der Waals surface area contributed by atoms with E-state index < -0.39 is 10.0 Å². The minimum atomic E-state index is -3.38. The molecule has 2 N–H and O–H groups in total. The van der Waals surface area contributed by atoms with E-state index in [1.54, 1.807) is 18.3 Å². The Bertz CT molecular complexity index is 1630. The lowest BCUT2D eigenvalue weighted by atomic mass is 9.96. The maximum absolute atomic E-state index is 11.7. The fourth-order valence-corrected chi connectivity index (χ4v) is 6.65. The summed E-state index contributed by atoms with van der Waals surface area (Å²) < 4.78 is 28.3. The quantitative estimate of drug-likeness (QED) is 0.236. The highest BCUT2D eigenvalue weighted by Crippen LogP contribution is 2.44. The van der Waals surface area contributed by atoms with Gasteiger partial charge in [0, 0.05) is 53.4 Å². The molecule has 2 unspecified atom stereocenters. The van der Waals surface area contributed by atoms with Crippen molar-refractivity contribution in [3.63, 3.8) is 0 Å². The average molecular weight is 589 g/mol. The molecule has 0 bridgehead atoms. The number of thiocarbonyl (C=S) groups is 1. The molecule has 3 heterocycles. The Morgan fingerprint density at radius 3 is 2.22 bits per heavy atom. The molecule has 1 saturated heterocycles. The molecule has 1 aliphatic heterocycles.